The van der Waals surface area contributed by atoms with Crippen molar-refractivity contribution in [3.05, 3.63) is 76.2 Å². The van der Waals surface area contributed by atoms with E-state index in [-0.39, 0.29) is 29.7 Å². The summed E-state index contributed by atoms with van der Waals surface area (Å²) >= 11 is 7.12. The summed E-state index contributed by atoms with van der Waals surface area (Å²) in [7, 11) is 0. The second kappa shape index (κ2) is 13.0. The van der Waals surface area contributed by atoms with Gasteiger partial charge in [-0.1, -0.05) is 43.7 Å². The van der Waals surface area contributed by atoms with Gasteiger partial charge in [0, 0.05) is 15.8 Å². The largest absolute Gasteiger partial charge is 0.491 e. The molecule has 0 fully saturated rings. The van der Waals surface area contributed by atoms with Crippen LogP contribution in [0.4, 0.5) is 5.00 Å². The summed E-state index contributed by atoms with van der Waals surface area (Å²) in [5, 5.41) is 7.42. The fourth-order valence-corrected chi connectivity index (χ4v) is 6.94. The van der Waals surface area contributed by atoms with Gasteiger partial charge in [-0.2, -0.15) is 0 Å². The van der Waals surface area contributed by atoms with Crippen LogP contribution in [-0.4, -0.2) is 34.7 Å². The normalized spacial score (nSPS) is 14.4. The first-order chi connectivity index (χ1) is 20.3. The van der Waals surface area contributed by atoms with E-state index < -0.39 is 0 Å². The molecule has 2 heterocycles. The minimum atomic E-state index is -0.369. The molecule has 2 N–H and O–H groups in total. The van der Waals surface area contributed by atoms with Crippen molar-refractivity contribution in [3.8, 4) is 17.0 Å². The average Bonchev–Trinajstić information content (AvgIpc) is 3.33. The number of para-hydroxylation sites is 1. The van der Waals surface area contributed by atoms with Gasteiger partial charge in [-0.3, -0.25) is 10.1 Å². The van der Waals surface area contributed by atoms with Gasteiger partial charge in [-0.05, 0) is 88.0 Å². The number of anilines is 1. The molecule has 1 aliphatic carbocycles. The smallest absolute Gasteiger partial charge is 0.341 e. The molecule has 1 aliphatic rings. The van der Waals surface area contributed by atoms with Crippen LogP contribution in [0.1, 0.15) is 71.7 Å². The zero-order valence-electron chi connectivity index (χ0n) is 24.3. The number of nitrogens with zero attached hydrogens (tertiary/aromatic N) is 1. The molecule has 9 heteroatoms. The number of carbonyl (C=O) groups excluding carboxylic acids is 2. The number of benzene rings is 2. The summed E-state index contributed by atoms with van der Waals surface area (Å²) in [4.78, 5) is 32.7. The number of ether oxygens (including phenoxy) is 2. The summed E-state index contributed by atoms with van der Waals surface area (Å²) in [6.45, 7) is 8.23. The maximum Gasteiger partial charge on any atom is 0.341 e. The van der Waals surface area contributed by atoms with E-state index in [1.165, 1.54) is 16.2 Å². The van der Waals surface area contributed by atoms with E-state index in [4.69, 9.17) is 26.7 Å². The molecule has 7 nitrogen and oxygen atoms in total. The predicted octanol–water partition coefficient (Wildman–Crippen LogP) is 7.57. The quantitative estimate of drug-likeness (QED) is 0.159. The number of pyridine rings is 1. The Labute approximate surface area is 255 Å². The van der Waals surface area contributed by atoms with E-state index in [1.807, 2.05) is 62.4 Å². The number of thiocarbonyl (C=S) groups is 1. The number of aromatic nitrogens is 1. The lowest BCUT2D eigenvalue weighted by Gasteiger charge is -2.21. The Morgan fingerprint density at radius 2 is 1.93 bits per heavy atom. The first-order valence-electron chi connectivity index (χ1n) is 14.4. The Hall–Kier alpha value is -3.82. The lowest BCUT2D eigenvalue weighted by Crippen LogP contribution is -2.34. The highest BCUT2D eigenvalue weighted by Crippen LogP contribution is 2.41. The molecule has 4 aromatic rings. The fraction of sp³-hybridized carbons (Fsp3) is 0.333. The molecule has 0 unspecified atom stereocenters. The molecule has 2 aromatic carbocycles. The summed E-state index contributed by atoms with van der Waals surface area (Å²) in [5.41, 5.74) is 4.18. The molecular formula is C33H35N3O4S2. The molecular weight excluding hydrogens is 567 g/mol. The molecule has 0 bridgehead atoms. The minimum Gasteiger partial charge on any atom is -0.491 e. The van der Waals surface area contributed by atoms with Gasteiger partial charge in [0.2, 0.25) is 0 Å². The number of esters is 1. The number of hydrogen-bond acceptors (Lipinski definition) is 7. The van der Waals surface area contributed by atoms with E-state index in [0.29, 0.717) is 38.6 Å². The molecule has 2 aromatic heterocycles. The first-order valence-corrected chi connectivity index (χ1v) is 15.6. The predicted molar refractivity (Wildman–Crippen MR) is 173 cm³/mol. The lowest BCUT2D eigenvalue weighted by atomic mass is 9.86. The van der Waals surface area contributed by atoms with Crippen molar-refractivity contribution in [1.29, 1.82) is 0 Å². The average molecular weight is 602 g/mol. The van der Waals surface area contributed by atoms with Crippen LogP contribution in [0.25, 0.3) is 22.2 Å². The Morgan fingerprint density at radius 1 is 1.12 bits per heavy atom. The Bertz CT molecular complexity index is 1650. The van der Waals surface area contributed by atoms with Crippen molar-refractivity contribution in [1.82, 2.24) is 10.3 Å². The first kappa shape index (κ1) is 29.7. The van der Waals surface area contributed by atoms with E-state index in [2.05, 4.69) is 17.6 Å². The molecule has 1 amide bonds. The van der Waals surface area contributed by atoms with Crippen molar-refractivity contribution < 1.29 is 19.1 Å². The monoisotopic (exact) mass is 601 g/mol. The third-order valence-corrected chi connectivity index (χ3v) is 8.71. The maximum atomic E-state index is 13.7. The van der Waals surface area contributed by atoms with E-state index in [1.54, 1.807) is 13.0 Å². The SMILES string of the molecule is CCOC(=O)c1c(NC(=S)NC(=O)c2cc(-c3cccc(OC(C)C)c3)nc3ccccc23)sc2c1CC[C@H](CC)C2. The van der Waals surface area contributed by atoms with Crippen LogP contribution in [0.5, 0.6) is 5.75 Å². The van der Waals surface area contributed by atoms with Crippen LogP contribution in [0.15, 0.2) is 54.6 Å². The van der Waals surface area contributed by atoms with Gasteiger partial charge in [0.05, 0.1) is 35.0 Å². The van der Waals surface area contributed by atoms with Gasteiger partial charge in [0.1, 0.15) is 10.8 Å². The number of hydrogen-bond donors (Lipinski definition) is 2. The number of thiophene rings is 1. The molecule has 0 radical (unpaired) electrons. The van der Waals surface area contributed by atoms with E-state index in [9.17, 15) is 9.59 Å². The summed E-state index contributed by atoms with van der Waals surface area (Å²) in [6.07, 6.45) is 3.93. The number of nitrogens with one attached hydrogen (secondary N) is 2. The van der Waals surface area contributed by atoms with Crippen molar-refractivity contribution in [2.45, 2.75) is 59.5 Å². The molecule has 0 spiro atoms. The second-order valence-electron chi connectivity index (χ2n) is 10.6. The van der Waals surface area contributed by atoms with Gasteiger partial charge in [-0.15, -0.1) is 11.3 Å². The molecule has 5 rings (SSSR count). The van der Waals surface area contributed by atoms with Gasteiger partial charge in [0.15, 0.2) is 5.11 Å². The lowest BCUT2D eigenvalue weighted by molar-refractivity contribution is 0.0526. The summed E-state index contributed by atoms with van der Waals surface area (Å²) in [6, 6.07) is 17.0. The second-order valence-corrected chi connectivity index (χ2v) is 12.1. The topological polar surface area (TPSA) is 89.6 Å². The number of amides is 1. The number of carbonyl (C=O) groups is 2. The van der Waals surface area contributed by atoms with Crippen LogP contribution >= 0.6 is 23.6 Å². The van der Waals surface area contributed by atoms with Gasteiger partial charge >= 0.3 is 5.97 Å². The molecule has 0 saturated heterocycles. The standard InChI is InChI=1S/C33H35N3O4S2/c1-5-20-14-15-24-28(16-20)42-31(29(24)32(38)39-6-2)36-33(41)35-30(37)25-18-27(34-26-13-8-7-12-23(25)26)21-10-9-11-22(17-21)40-19(3)4/h7-13,17-20H,5-6,14-16H2,1-4H3,(H2,35,36,37,41)/t20-/m0/s1. The van der Waals surface area contributed by atoms with Crippen molar-refractivity contribution >= 4 is 56.4 Å². The number of fused-ring (bicyclic) bond motifs is 2. The van der Waals surface area contributed by atoms with Crippen molar-refractivity contribution in [2.24, 2.45) is 5.92 Å². The zero-order valence-corrected chi connectivity index (χ0v) is 25.9. The van der Waals surface area contributed by atoms with Crippen LogP contribution in [-0.2, 0) is 17.6 Å². The fourth-order valence-electron chi connectivity index (χ4n) is 5.33. The Morgan fingerprint density at radius 3 is 2.69 bits per heavy atom. The van der Waals surface area contributed by atoms with E-state index >= 15 is 0 Å². The third kappa shape index (κ3) is 6.47. The van der Waals surface area contributed by atoms with Crippen molar-refractivity contribution in [2.75, 3.05) is 11.9 Å². The van der Waals surface area contributed by atoms with Gasteiger partial charge in [0.25, 0.3) is 5.91 Å². The van der Waals surface area contributed by atoms with Crippen LogP contribution < -0.4 is 15.4 Å². The van der Waals surface area contributed by atoms with Crippen LogP contribution in [0, 0.1) is 5.92 Å². The van der Waals surface area contributed by atoms with Crippen molar-refractivity contribution in [3.63, 3.8) is 0 Å². The Kier molecular flexibility index (Phi) is 9.18. The molecule has 1 atom stereocenters. The maximum absolute atomic E-state index is 13.7. The highest BCUT2D eigenvalue weighted by atomic mass is 32.1. The summed E-state index contributed by atoms with van der Waals surface area (Å²) in [5.74, 6) is 0.592. The molecule has 42 heavy (non-hydrogen) atoms. The molecule has 0 aliphatic heterocycles. The highest BCUT2D eigenvalue weighted by molar-refractivity contribution is 7.80. The van der Waals surface area contributed by atoms with Gasteiger partial charge < -0.3 is 14.8 Å². The highest BCUT2D eigenvalue weighted by Gasteiger charge is 2.30. The Balaban J connectivity index is 1.43. The zero-order chi connectivity index (χ0) is 29.8. The van der Waals surface area contributed by atoms with E-state index in [0.717, 1.165) is 42.6 Å². The van der Waals surface area contributed by atoms with Crippen LogP contribution in [0.3, 0.4) is 0 Å². The molecule has 0 saturated carbocycles. The molecule has 218 valence electrons. The minimum absolute atomic E-state index is 0.0333. The van der Waals surface area contributed by atoms with Crippen LogP contribution in [0.2, 0.25) is 0 Å². The summed E-state index contributed by atoms with van der Waals surface area (Å²) < 4.78 is 11.3. The third-order valence-electron chi connectivity index (χ3n) is 7.34. The van der Waals surface area contributed by atoms with Gasteiger partial charge in [-0.25, -0.2) is 9.78 Å². The number of rotatable bonds is 8.